The molecule has 0 saturated carbocycles. The van der Waals surface area contributed by atoms with Crippen LogP contribution < -0.4 is 4.74 Å². The van der Waals surface area contributed by atoms with Gasteiger partial charge < -0.3 is 4.74 Å². The number of aryl methyl sites for hydroxylation is 1. The van der Waals surface area contributed by atoms with Crippen molar-refractivity contribution < 1.29 is 4.74 Å². The highest BCUT2D eigenvalue weighted by atomic mass is 127. The predicted octanol–water partition coefficient (Wildman–Crippen LogP) is 2.60. The molecule has 2 aromatic rings. The summed E-state index contributed by atoms with van der Waals surface area (Å²) in [7, 11) is 1.90. The summed E-state index contributed by atoms with van der Waals surface area (Å²) in [5, 5.41) is 4.08. The van der Waals surface area contributed by atoms with Gasteiger partial charge in [0.05, 0.1) is 6.20 Å². The van der Waals surface area contributed by atoms with Crippen LogP contribution in [0.25, 0.3) is 0 Å². The van der Waals surface area contributed by atoms with Crippen LogP contribution in [0.15, 0.2) is 36.7 Å². The van der Waals surface area contributed by atoms with E-state index >= 15 is 0 Å². The Morgan fingerprint density at radius 1 is 1.47 bits per heavy atom. The molecule has 0 aliphatic carbocycles. The number of rotatable bonds is 3. The van der Waals surface area contributed by atoms with Crippen molar-refractivity contribution in [3.05, 3.63) is 45.8 Å². The highest BCUT2D eigenvalue weighted by Gasteiger charge is 1.98. The van der Waals surface area contributed by atoms with Gasteiger partial charge in [-0.3, -0.25) is 4.68 Å². The van der Waals surface area contributed by atoms with Crippen molar-refractivity contribution in [2.45, 2.75) is 6.61 Å². The first-order valence-corrected chi connectivity index (χ1v) is 5.68. The topological polar surface area (TPSA) is 27.1 Å². The summed E-state index contributed by atoms with van der Waals surface area (Å²) in [6.45, 7) is 0.563. The highest BCUT2D eigenvalue weighted by Crippen LogP contribution is 2.16. The molecule has 2 rings (SSSR count). The van der Waals surface area contributed by atoms with E-state index in [1.165, 1.54) is 3.57 Å². The second-order valence-electron chi connectivity index (χ2n) is 3.27. The van der Waals surface area contributed by atoms with Gasteiger partial charge in [0.1, 0.15) is 12.4 Å². The first-order valence-electron chi connectivity index (χ1n) is 4.60. The van der Waals surface area contributed by atoms with Gasteiger partial charge in [-0.05, 0) is 40.8 Å². The van der Waals surface area contributed by atoms with Crippen LogP contribution in [0.3, 0.4) is 0 Å². The van der Waals surface area contributed by atoms with Crippen molar-refractivity contribution in [1.82, 2.24) is 9.78 Å². The van der Waals surface area contributed by atoms with Crippen LogP contribution in [0.2, 0.25) is 0 Å². The molecule has 15 heavy (non-hydrogen) atoms. The van der Waals surface area contributed by atoms with Crippen LogP contribution in [0.4, 0.5) is 0 Å². The second kappa shape index (κ2) is 4.65. The minimum Gasteiger partial charge on any atom is -0.489 e. The fourth-order valence-electron chi connectivity index (χ4n) is 1.27. The van der Waals surface area contributed by atoms with Crippen LogP contribution in [0.5, 0.6) is 5.75 Å². The zero-order valence-corrected chi connectivity index (χ0v) is 10.5. The maximum Gasteiger partial charge on any atom is 0.120 e. The van der Waals surface area contributed by atoms with E-state index in [4.69, 9.17) is 4.74 Å². The first kappa shape index (κ1) is 10.5. The van der Waals surface area contributed by atoms with Gasteiger partial charge in [0.15, 0.2) is 0 Å². The SMILES string of the molecule is Cn1cc(COc2cccc(I)c2)cn1. The minimum absolute atomic E-state index is 0.563. The standard InChI is InChI=1S/C11H11IN2O/c1-14-7-9(6-13-14)8-15-11-4-2-3-10(12)5-11/h2-7H,8H2,1H3. The highest BCUT2D eigenvalue weighted by molar-refractivity contribution is 14.1. The fourth-order valence-corrected chi connectivity index (χ4v) is 1.78. The van der Waals surface area contributed by atoms with Crippen molar-refractivity contribution >= 4 is 22.6 Å². The number of ether oxygens (including phenoxy) is 1. The minimum atomic E-state index is 0.563. The smallest absolute Gasteiger partial charge is 0.120 e. The van der Waals surface area contributed by atoms with Gasteiger partial charge in [-0.25, -0.2) is 0 Å². The Hall–Kier alpha value is -1.04. The summed E-state index contributed by atoms with van der Waals surface area (Å²) in [5.41, 5.74) is 1.08. The van der Waals surface area contributed by atoms with E-state index in [1.807, 2.05) is 43.7 Å². The van der Waals surface area contributed by atoms with E-state index in [0.717, 1.165) is 11.3 Å². The molecule has 0 bridgehead atoms. The van der Waals surface area contributed by atoms with Gasteiger partial charge in [0.2, 0.25) is 0 Å². The summed E-state index contributed by atoms with van der Waals surface area (Å²) in [6.07, 6.45) is 3.77. The molecule has 1 heterocycles. The van der Waals surface area contributed by atoms with Gasteiger partial charge in [-0.2, -0.15) is 5.10 Å². The molecule has 0 radical (unpaired) electrons. The largest absolute Gasteiger partial charge is 0.489 e. The predicted molar refractivity (Wildman–Crippen MR) is 66.7 cm³/mol. The van der Waals surface area contributed by atoms with Crippen molar-refractivity contribution in [2.75, 3.05) is 0 Å². The van der Waals surface area contributed by atoms with Crippen LogP contribution in [0.1, 0.15) is 5.56 Å². The van der Waals surface area contributed by atoms with Crippen LogP contribution in [-0.2, 0) is 13.7 Å². The average molecular weight is 314 g/mol. The van der Waals surface area contributed by atoms with E-state index in [9.17, 15) is 0 Å². The Bertz CT molecular complexity index is 453. The van der Waals surface area contributed by atoms with Gasteiger partial charge in [0.25, 0.3) is 0 Å². The van der Waals surface area contributed by atoms with E-state index in [2.05, 4.69) is 27.7 Å². The molecular weight excluding hydrogens is 303 g/mol. The number of halogens is 1. The molecule has 0 unspecified atom stereocenters. The van der Waals surface area contributed by atoms with Gasteiger partial charge in [-0.15, -0.1) is 0 Å². The third-order valence-corrected chi connectivity index (χ3v) is 2.63. The Morgan fingerprint density at radius 3 is 3.00 bits per heavy atom. The Labute approximate surface area is 102 Å². The number of hydrogen-bond donors (Lipinski definition) is 0. The Balaban J connectivity index is 1.99. The lowest BCUT2D eigenvalue weighted by Gasteiger charge is -2.04. The lowest BCUT2D eigenvalue weighted by Crippen LogP contribution is -1.94. The first-order chi connectivity index (χ1) is 7.24. The summed E-state index contributed by atoms with van der Waals surface area (Å²) < 4.78 is 8.58. The summed E-state index contributed by atoms with van der Waals surface area (Å²) >= 11 is 2.27. The molecule has 0 amide bonds. The summed E-state index contributed by atoms with van der Waals surface area (Å²) in [4.78, 5) is 0. The monoisotopic (exact) mass is 314 g/mol. The van der Waals surface area contributed by atoms with E-state index < -0.39 is 0 Å². The molecule has 0 aliphatic heterocycles. The molecule has 1 aromatic heterocycles. The molecular formula is C11H11IN2O. The molecule has 0 aliphatic rings. The third kappa shape index (κ3) is 2.95. The van der Waals surface area contributed by atoms with Crippen LogP contribution in [0, 0.1) is 3.57 Å². The third-order valence-electron chi connectivity index (χ3n) is 1.96. The molecule has 0 fully saturated rings. The molecule has 0 saturated heterocycles. The van der Waals surface area contributed by atoms with Crippen molar-refractivity contribution in [3.8, 4) is 5.75 Å². The molecule has 0 N–H and O–H groups in total. The van der Waals surface area contributed by atoms with Crippen molar-refractivity contribution in [2.24, 2.45) is 7.05 Å². The lowest BCUT2D eigenvalue weighted by molar-refractivity contribution is 0.306. The normalized spacial score (nSPS) is 10.3. The number of nitrogens with zero attached hydrogens (tertiary/aromatic N) is 2. The zero-order valence-electron chi connectivity index (χ0n) is 8.35. The summed E-state index contributed by atoms with van der Waals surface area (Å²) in [6, 6.07) is 7.99. The molecule has 78 valence electrons. The summed E-state index contributed by atoms with van der Waals surface area (Å²) in [5.74, 6) is 0.894. The molecule has 0 atom stereocenters. The van der Waals surface area contributed by atoms with Crippen molar-refractivity contribution in [1.29, 1.82) is 0 Å². The van der Waals surface area contributed by atoms with Gasteiger partial charge in [-0.1, -0.05) is 6.07 Å². The Kier molecular flexibility index (Phi) is 3.25. The second-order valence-corrected chi connectivity index (χ2v) is 4.51. The zero-order chi connectivity index (χ0) is 10.7. The number of hydrogen-bond acceptors (Lipinski definition) is 2. The lowest BCUT2D eigenvalue weighted by atomic mass is 10.3. The number of aromatic nitrogens is 2. The van der Waals surface area contributed by atoms with Gasteiger partial charge in [0, 0.05) is 22.4 Å². The molecule has 4 heteroatoms. The van der Waals surface area contributed by atoms with E-state index in [-0.39, 0.29) is 0 Å². The number of benzene rings is 1. The van der Waals surface area contributed by atoms with E-state index in [0.29, 0.717) is 6.61 Å². The average Bonchev–Trinajstić information content (AvgIpc) is 2.62. The molecule has 1 aromatic carbocycles. The fraction of sp³-hybridized carbons (Fsp3) is 0.182. The van der Waals surface area contributed by atoms with Crippen molar-refractivity contribution in [3.63, 3.8) is 0 Å². The van der Waals surface area contributed by atoms with E-state index in [1.54, 1.807) is 4.68 Å². The molecule has 3 nitrogen and oxygen atoms in total. The maximum absolute atomic E-state index is 5.63. The van der Waals surface area contributed by atoms with Gasteiger partial charge >= 0.3 is 0 Å². The van der Waals surface area contributed by atoms with Crippen LogP contribution in [-0.4, -0.2) is 9.78 Å². The quantitative estimate of drug-likeness (QED) is 0.814. The maximum atomic E-state index is 5.63. The molecule has 0 spiro atoms. The van der Waals surface area contributed by atoms with Crippen LogP contribution >= 0.6 is 22.6 Å². The Morgan fingerprint density at radius 2 is 2.33 bits per heavy atom.